The lowest BCUT2D eigenvalue weighted by atomic mass is 9.77. The second-order valence-corrected chi connectivity index (χ2v) is 9.32. The van der Waals surface area contributed by atoms with E-state index in [4.69, 9.17) is 9.31 Å². The van der Waals surface area contributed by atoms with Crippen LogP contribution in [0, 0.1) is 0 Å². The second kappa shape index (κ2) is 7.37. The molecule has 4 aromatic carbocycles. The maximum Gasteiger partial charge on any atom is 0.494 e. The van der Waals surface area contributed by atoms with E-state index in [2.05, 4.69) is 119 Å². The first-order valence-electron chi connectivity index (χ1n) is 10.9. The fraction of sp³-hybridized carbons (Fsp3) is 0.214. The van der Waals surface area contributed by atoms with Gasteiger partial charge in [0.25, 0.3) is 0 Å². The van der Waals surface area contributed by atoms with E-state index in [1.165, 1.54) is 33.0 Å². The standard InChI is InChI=1S/C28H27BO2/c1-27(2)28(3,4)31-29(30-27)24-15-10-14-22(18-24)26-19-23(20-11-6-5-7-12-20)17-21-13-8-9-16-25(21)26/h5-19H,1-4H3. The molecule has 0 radical (unpaired) electrons. The minimum atomic E-state index is -0.367. The quantitative estimate of drug-likeness (QED) is 0.363. The van der Waals surface area contributed by atoms with E-state index in [0.717, 1.165) is 5.46 Å². The Kier molecular flexibility index (Phi) is 4.77. The fourth-order valence-corrected chi connectivity index (χ4v) is 4.18. The van der Waals surface area contributed by atoms with Crippen LogP contribution in [-0.4, -0.2) is 18.3 Å². The Hall–Kier alpha value is -2.88. The molecule has 0 saturated carbocycles. The normalized spacial score (nSPS) is 17.2. The van der Waals surface area contributed by atoms with E-state index in [0.29, 0.717) is 0 Å². The minimum Gasteiger partial charge on any atom is -0.399 e. The van der Waals surface area contributed by atoms with Gasteiger partial charge in [0, 0.05) is 0 Å². The van der Waals surface area contributed by atoms with Gasteiger partial charge in [-0.05, 0) is 78.3 Å². The molecule has 0 bridgehead atoms. The van der Waals surface area contributed by atoms with Crippen molar-refractivity contribution in [2.45, 2.75) is 38.9 Å². The zero-order valence-corrected chi connectivity index (χ0v) is 18.6. The molecule has 0 amide bonds. The third kappa shape index (κ3) is 3.58. The van der Waals surface area contributed by atoms with Gasteiger partial charge in [-0.2, -0.15) is 0 Å². The molecule has 0 unspecified atom stereocenters. The molecule has 1 heterocycles. The van der Waals surface area contributed by atoms with E-state index in [1.54, 1.807) is 0 Å². The van der Waals surface area contributed by atoms with Crippen LogP contribution >= 0.6 is 0 Å². The van der Waals surface area contributed by atoms with Gasteiger partial charge in [0.2, 0.25) is 0 Å². The van der Waals surface area contributed by atoms with Crippen molar-refractivity contribution < 1.29 is 9.31 Å². The molecule has 4 aromatic rings. The summed E-state index contributed by atoms with van der Waals surface area (Å²) < 4.78 is 12.6. The summed E-state index contributed by atoms with van der Waals surface area (Å²) in [5, 5.41) is 2.48. The van der Waals surface area contributed by atoms with E-state index in [9.17, 15) is 0 Å². The highest BCUT2D eigenvalue weighted by atomic mass is 16.7. The lowest BCUT2D eigenvalue weighted by molar-refractivity contribution is 0.00578. The molecule has 31 heavy (non-hydrogen) atoms. The molecule has 0 aromatic heterocycles. The van der Waals surface area contributed by atoms with Gasteiger partial charge < -0.3 is 9.31 Å². The molecule has 0 N–H and O–H groups in total. The van der Waals surface area contributed by atoms with Crippen LogP contribution in [0.15, 0.2) is 91.0 Å². The van der Waals surface area contributed by atoms with Crippen LogP contribution in [0.4, 0.5) is 0 Å². The molecule has 3 heteroatoms. The smallest absolute Gasteiger partial charge is 0.399 e. The minimum absolute atomic E-state index is 0.354. The Morgan fingerprint density at radius 3 is 1.97 bits per heavy atom. The highest BCUT2D eigenvalue weighted by molar-refractivity contribution is 6.62. The first-order chi connectivity index (χ1) is 14.8. The Bertz CT molecular complexity index is 1230. The molecule has 0 aliphatic carbocycles. The van der Waals surface area contributed by atoms with E-state index in [-0.39, 0.29) is 18.3 Å². The molecule has 2 nitrogen and oxygen atoms in total. The van der Waals surface area contributed by atoms with Gasteiger partial charge in [-0.25, -0.2) is 0 Å². The predicted molar refractivity (Wildman–Crippen MR) is 131 cm³/mol. The number of fused-ring (bicyclic) bond motifs is 1. The monoisotopic (exact) mass is 406 g/mol. The van der Waals surface area contributed by atoms with Crippen molar-refractivity contribution >= 4 is 23.4 Å². The fourth-order valence-electron chi connectivity index (χ4n) is 4.18. The summed E-state index contributed by atoms with van der Waals surface area (Å²) >= 11 is 0. The molecular formula is C28H27BO2. The summed E-state index contributed by atoms with van der Waals surface area (Å²) in [5.41, 5.74) is 5.16. The van der Waals surface area contributed by atoms with Crippen molar-refractivity contribution in [1.29, 1.82) is 0 Å². The van der Waals surface area contributed by atoms with Crippen LogP contribution < -0.4 is 5.46 Å². The molecule has 5 rings (SSSR count). The van der Waals surface area contributed by atoms with Crippen LogP contribution in [0.5, 0.6) is 0 Å². The molecule has 1 fully saturated rings. The molecule has 154 valence electrons. The predicted octanol–water partition coefficient (Wildman–Crippen LogP) is 6.47. The van der Waals surface area contributed by atoms with Crippen LogP contribution in [-0.2, 0) is 9.31 Å². The van der Waals surface area contributed by atoms with Crippen molar-refractivity contribution in [1.82, 2.24) is 0 Å². The number of hydrogen-bond donors (Lipinski definition) is 0. The molecule has 1 aliphatic rings. The summed E-state index contributed by atoms with van der Waals surface area (Å²) in [6.45, 7) is 8.36. The zero-order chi connectivity index (χ0) is 21.6. The van der Waals surface area contributed by atoms with Gasteiger partial charge in [0.05, 0.1) is 11.2 Å². The van der Waals surface area contributed by atoms with Gasteiger partial charge in [-0.1, -0.05) is 78.9 Å². The maximum atomic E-state index is 6.30. The Balaban J connectivity index is 1.63. The summed E-state index contributed by atoms with van der Waals surface area (Å²) in [4.78, 5) is 0. The van der Waals surface area contributed by atoms with Gasteiger partial charge in [-0.15, -0.1) is 0 Å². The van der Waals surface area contributed by atoms with Crippen LogP contribution in [0.25, 0.3) is 33.0 Å². The second-order valence-electron chi connectivity index (χ2n) is 9.32. The third-order valence-corrected chi connectivity index (χ3v) is 6.69. The maximum absolute atomic E-state index is 6.30. The first-order valence-corrected chi connectivity index (χ1v) is 10.9. The summed E-state index contributed by atoms with van der Waals surface area (Å²) in [5.74, 6) is 0. The van der Waals surface area contributed by atoms with E-state index < -0.39 is 0 Å². The van der Waals surface area contributed by atoms with Crippen LogP contribution in [0.2, 0.25) is 0 Å². The number of rotatable bonds is 3. The van der Waals surface area contributed by atoms with Crippen molar-refractivity contribution in [3.63, 3.8) is 0 Å². The van der Waals surface area contributed by atoms with Crippen molar-refractivity contribution in [3.05, 3.63) is 91.0 Å². The van der Waals surface area contributed by atoms with Gasteiger partial charge >= 0.3 is 7.12 Å². The SMILES string of the molecule is CC1(C)OB(c2cccc(-c3cc(-c4ccccc4)cc4ccccc34)c2)OC1(C)C. The molecule has 1 saturated heterocycles. The molecule has 0 atom stereocenters. The largest absolute Gasteiger partial charge is 0.494 e. The average molecular weight is 406 g/mol. The van der Waals surface area contributed by atoms with Crippen molar-refractivity contribution in [3.8, 4) is 22.3 Å². The highest BCUT2D eigenvalue weighted by Gasteiger charge is 2.51. The Labute approximate surface area is 185 Å². The summed E-state index contributed by atoms with van der Waals surface area (Å²) in [6.07, 6.45) is 0. The summed E-state index contributed by atoms with van der Waals surface area (Å²) in [6, 6.07) is 32.3. The van der Waals surface area contributed by atoms with Crippen molar-refractivity contribution in [2.75, 3.05) is 0 Å². The Morgan fingerprint density at radius 2 is 1.23 bits per heavy atom. The third-order valence-electron chi connectivity index (χ3n) is 6.69. The van der Waals surface area contributed by atoms with E-state index in [1.807, 2.05) is 0 Å². The highest BCUT2D eigenvalue weighted by Crippen LogP contribution is 2.37. The van der Waals surface area contributed by atoms with Gasteiger partial charge in [0.1, 0.15) is 0 Å². The molecule has 1 aliphatic heterocycles. The Morgan fingerprint density at radius 1 is 0.581 bits per heavy atom. The first kappa shape index (κ1) is 20.1. The number of benzene rings is 4. The van der Waals surface area contributed by atoms with E-state index >= 15 is 0 Å². The number of hydrogen-bond acceptors (Lipinski definition) is 2. The molecular weight excluding hydrogens is 379 g/mol. The zero-order valence-electron chi connectivity index (χ0n) is 18.6. The summed E-state index contributed by atoms with van der Waals surface area (Å²) in [7, 11) is -0.367. The van der Waals surface area contributed by atoms with Crippen LogP contribution in [0.3, 0.4) is 0 Å². The molecule has 0 spiro atoms. The topological polar surface area (TPSA) is 18.5 Å². The lowest BCUT2D eigenvalue weighted by Crippen LogP contribution is -2.41. The van der Waals surface area contributed by atoms with Gasteiger partial charge in [-0.3, -0.25) is 0 Å². The van der Waals surface area contributed by atoms with Crippen LogP contribution in [0.1, 0.15) is 27.7 Å². The lowest BCUT2D eigenvalue weighted by Gasteiger charge is -2.32. The van der Waals surface area contributed by atoms with Gasteiger partial charge in [0.15, 0.2) is 0 Å². The van der Waals surface area contributed by atoms with Crippen molar-refractivity contribution in [2.24, 2.45) is 0 Å². The average Bonchev–Trinajstić information content (AvgIpc) is 3.00.